The number of amides is 1. The molecule has 1 aromatic heterocycles. The molecule has 2 aromatic rings. The number of benzene rings is 1. The molecular weight excluding hydrogens is 308 g/mol. The third-order valence-corrected chi connectivity index (χ3v) is 4.78. The van der Waals surface area contributed by atoms with E-state index in [-0.39, 0.29) is 12.5 Å². The monoisotopic (exact) mass is 330 g/mol. The fraction of sp³-hybridized carbons (Fsp3) is 0.444. The maximum atomic E-state index is 12.7. The van der Waals surface area contributed by atoms with Crippen LogP contribution in [0.25, 0.3) is 10.9 Å². The van der Waals surface area contributed by atoms with E-state index in [0.29, 0.717) is 13.0 Å². The van der Waals surface area contributed by atoms with Crippen molar-refractivity contribution in [2.75, 3.05) is 20.3 Å². The molecule has 24 heavy (non-hydrogen) atoms. The molecule has 1 aromatic carbocycles. The first-order valence-corrected chi connectivity index (χ1v) is 8.08. The molecule has 1 unspecified atom stereocenters. The Morgan fingerprint density at radius 1 is 1.38 bits per heavy atom. The Bertz CT molecular complexity index is 811. The van der Waals surface area contributed by atoms with Gasteiger partial charge in [0.25, 0.3) is 0 Å². The maximum Gasteiger partial charge on any atom is 0.338 e. The lowest BCUT2D eigenvalue weighted by Gasteiger charge is -2.42. The Morgan fingerprint density at radius 2 is 2.12 bits per heavy atom. The molecule has 0 saturated carbocycles. The van der Waals surface area contributed by atoms with Crippen LogP contribution < -0.4 is 4.74 Å². The highest BCUT2D eigenvalue weighted by Crippen LogP contribution is 2.40. The van der Waals surface area contributed by atoms with E-state index in [1.165, 1.54) is 6.92 Å². The molecular formula is C18H22N2O4. The number of hydrogen-bond donors (Lipinski definition) is 1. The number of aromatic nitrogens is 1. The van der Waals surface area contributed by atoms with Crippen molar-refractivity contribution in [2.24, 2.45) is 0 Å². The molecule has 128 valence electrons. The van der Waals surface area contributed by atoms with Crippen LogP contribution in [0.3, 0.4) is 0 Å². The molecule has 1 aliphatic heterocycles. The van der Waals surface area contributed by atoms with E-state index in [0.717, 1.165) is 27.9 Å². The Balaban J connectivity index is 2.23. The summed E-state index contributed by atoms with van der Waals surface area (Å²) >= 11 is 0. The summed E-state index contributed by atoms with van der Waals surface area (Å²) in [4.78, 5) is 29.8. The lowest BCUT2D eigenvalue weighted by molar-refractivity contribution is -0.164. The molecule has 3 rings (SSSR count). The van der Waals surface area contributed by atoms with Crippen LogP contribution in [0.15, 0.2) is 18.2 Å². The van der Waals surface area contributed by atoms with Gasteiger partial charge in [-0.25, -0.2) is 4.79 Å². The Hall–Kier alpha value is -2.50. The second kappa shape index (κ2) is 5.85. The van der Waals surface area contributed by atoms with Gasteiger partial charge in [0.2, 0.25) is 5.91 Å². The van der Waals surface area contributed by atoms with Crippen molar-refractivity contribution in [1.82, 2.24) is 9.88 Å². The first-order valence-electron chi connectivity index (χ1n) is 8.08. The third-order valence-electron chi connectivity index (χ3n) is 4.78. The molecule has 2 heterocycles. The third kappa shape index (κ3) is 2.25. The van der Waals surface area contributed by atoms with Crippen LogP contribution in [0.4, 0.5) is 0 Å². The topological polar surface area (TPSA) is 71.6 Å². The van der Waals surface area contributed by atoms with Crippen LogP contribution in [0.5, 0.6) is 5.75 Å². The van der Waals surface area contributed by atoms with Crippen LogP contribution in [0.1, 0.15) is 32.0 Å². The molecule has 0 aliphatic carbocycles. The van der Waals surface area contributed by atoms with Gasteiger partial charge in [-0.2, -0.15) is 0 Å². The predicted octanol–water partition coefficient (Wildman–Crippen LogP) is 2.36. The van der Waals surface area contributed by atoms with Gasteiger partial charge in [0, 0.05) is 24.4 Å². The molecule has 0 saturated heterocycles. The number of H-pyrrole nitrogens is 1. The van der Waals surface area contributed by atoms with Gasteiger partial charge in [0.1, 0.15) is 5.75 Å². The molecule has 6 heteroatoms. The van der Waals surface area contributed by atoms with Crippen LogP contribution in [0.2, 0.25) is 0 Å². The second-order valence-electron chi connectivity index (χ2n) is 6.10. The zero-order valence-electron chi connectivity index (χ0n) is 14.4. The highest BCUT2D eigenvalue weighted by molar-refractivity contribution is 5.94. The summed E-state index contributed by atoms with van der Waals surface area (Å²) in [5, 5.41) is 1.02. The normalized spacial score (nSPS) is 19.9. The van der Waals surface area contributed by atoms with Gasteiger partial charge >= 0.3 is 5.97 Å². The Labute approximate surface area is 140 Å². The number of nitrogens with one attached hydrogen (secondary N) is 1. The standard InChI is InChI=1S/C18H22N2O4/c1-5-24-17(22)18(3)16-13(8-9-20(18)11(2)21)14-10-12(23-4)6-7-15(14)19-16/h6-7,10,19H,5,8-9H2,1-4H3. The molecule has 1 aliphatic rings. The van der Waals surface area contributed by atoms with Gasteiger partial charge in [-0.15, -0.1) is 0 Å². The maximum absolute atomic E-state index is 12.7. The van der Waals surface area contributed by atoms with Gasteiger partial charge < -0.3 is 19.4 Å². The fourth-order valence-electron chi connectivity index (χ4n) is 3.57. The molecule has 1 amide bonds. The lowest BCUT2D eigenvalue weighted by Crippen LogP contribution is -2.56. The summed E-state index contributed by atoms with van der Waals surface area (Å²) in [6.07, 6.45) is 0.678. The minimum Gasteiger partial charge on any atom is -0.497 e. The summed E-state index contributed by atoms with van der Waals surface area (Å²) in [5.41, 5.74) is 1.53. The Kier molecular flexibility index (Phi) is 3.99. The van der Waals surface area contributed by atoms with Crippen molar-refractivity contribution in [3.63, 3.8) is 0 Å². The molecule has 0 fully saturated rings. The summed E-state index contributed by atoms with van der Waals surface area (Å²) < 4.78 is 10.6. The average molecular weight is 330 g/mol. The van der Waals surface area contributed by atoms with Crippen molar-refractivity contribution < 1.29 is 19.1 Å². The minimum absolute atomic E-state index is 0.146. The molecule has 1 atom stereocenters. The van der Waals surface area contributed by atoms with E-state index in [1.54, 1.807) is 25.9 Å². The van der Waals surface area contributed by atoms with Gasteiger partial charge in [-0.05, 0) is 44.0 Å². The number of nitrogens with zero attached hydrogens (tertiary/aromatic N) is 1. The van der Waals surface area contributed by atoms with E-state index in [9.17, 15) is 9.59 Å². The molecule has 0 radical (unpaired) electrons. The van der Waals surface area contributed by atoms with Crippen LogP contribution in [0, 0.1) is 0 Å². The number of carbonyl (C=O) groups is 2. The van der Waals surface area contributed by atoms with Crippen molar-refractivity contribution >= 4 is 22.8 Å². The van der Waals surface area contributed by atoms with E-state index in [2.05, 4.69) is 4.98 Å². The quantitative estimate of drug-likeness (QED) is 0.877. The molecule has 0 bridgehead atoms. The van der Waals surface area contributed by atoms with Crippen LogP contribution in [-0.2, 0) is 26.3 Å². The number of methoxy groups -OCH3 is 1. The highest BCUT2D eigenvalue weighted by Gasteiger charge is 2.49. The first-order chi connectivity index (χ1) is 11.4. The molecule has 0 spiro atoms. The number of rotatable bonds is 3. The van der Waals surface area contributed by atoms with Crippen LogP contribution in [-0.4, -0.2) is 42.0 Å². The van der Waals surface area contributed by atoms with E-state index >= 15 is 0 Å². The van der Waals surface area contributed by atoms with Gasteiger partial charge in [0.05, 0.1) is 19.4 Å². The van der Waals surface area contributed by atoms with Crippen molar-refractivity contribution in [1.29, 1.82) is 0 Å². The van der Waals surface area contributed by atoms with Gasteiger partial charge in [-0.1, -0.05) is 0 Å². The minimum atomic E-state index is -1.15. The number of aromatic amines is 1. The predicted molar refractivity (Wildman–Crippen MR) is 89.9 cm³/mol. The van der Waals surface area contributed by atoms with Crippen LogP contribution >= 0.6 is 0 Å². The summed E-state index contributed by atoms with van der Waals surface area (Å²) in [5.74, 6) is 0.197. The largest absolute Gasteiger partial charge is 0.497 e. The smallest absolute Gasteiger partial charge is 0.338 e. The Morgan fingerprint density at radius 3 is 2.75 bits per heavy atom. The van der Waals surface area contributed by atoms with E-state index in [4.69, 9.17) is 9.47 Å². The fourth-order valence-corrected chi connectivity index (χ4v) is 3.57. The highest BCUT2D eigenvalue weighted by atomic mass is 16.5. The number of carbonyl (C=O) groups excluding carboxylic acids is 2. The van der Waals surface area contributed by atoms with Gasteiger partial charge in [0.15, 0.2) is 5.54 Å². The van der Waals surface area contributed by atoms with Gasteiger partial charge in [-0.3, -0.25) is 4.79 Å². The first kappa shape index (κ1) is 16.4. The number of hydrogen-bond acceptors (Lipinski definition) is 4. The number of esters is 1. The number of ether oxygens (including phenoxy) is 2. The summed E-state index contributed by atoms with van der Waals surface area (Å²) in [6.45, 7) is 5.73. The summed E-state index contributed by atoms with van der Waals surface area (Å²) in [6, 6.07) is 5.75. The number of fused-ring (bicyclic) bond motifs is 3. The lowest BCUT2D eigenvalue weighted by atomic mass is 9.86. The SMILES string of the molecule is CCOC(=O)C1(C)c2[nH]c3ccc(OC)cc3c2CCN1C(C)=O. The van der Waals surface area contributed by atoms with E-state index < -0.39 is 11.5 Å². The van der Waals surface area contributed by atoms with Crippen molar-refractivity contribution in [3.05, 3.63) is 29.5 Å². The second-order valence-corrected chi connectivity index (χ2v) is 6.10. The molecule has 1 N–H and O–H groups in total. The van der Waals surface area contributed by atoms with E-state index in [1.807, 2.05) is 18.2 Å². The zero-order chi connectivity index (χ0) is 17.5. The zero-order valence-corrected chi connectivity index (χ0v) is 14.4. The molecule has 6 nitrogen and oxygen atoms in total. The summed E-state index contributed by atoms with van der Waals surface area (Å²) in [7, 11) is 1.63. The average Bonchev–Trinajstić information content (AvgIpc) is 2.94. The van der Waals surface area contributed by atoms with Crippen molar-refractivity contribution in [3.8, 4) is 5.75 Å². The van der Waals surface area contributed by atoms with Crippen molar-refractivity contribution in [2.45, 2.75) is 32.7 Å².